The Morgan fingerprint density at radius 2 is 2.05 bits per heavy atom. The van der Waals surface area contributed by atoms with Gasteiger partial charge in [-0.25, -0.2) is 0 Å². The average molecular weight is 294 g/mol. The predicted molar refractivity (Wildman–Crippen MR) is 75.4 cm³/mol. The number of hydrogen-bond acceptors (Lipinski definition) is 4. The predicted octanol–water partition coefficient (Wildman–Crippen LogP) is -0.184. The molecule has 19 heavy (non-hydrogen) atoms. The van der Waals surface area contributed by atoms with E-state index < -0.39 is 6.04 Å². The molecule has 0 bridgehead atoms. The van der Waals surface area contributed by atoms with Crippen molar-refractivity contribution >= 4 is 24.2 Å². The summed E-state index contributed by atoms with van der Waals surface area (Å²) in [5.41, 5.74) is 0. The quantitative estimate of drug-likeness (QED) is 0.657. The highest BCUT2D eigenvalue weighted by molar-refractivity contribution is 5.89. The minimum absolute atomic E-state index is 0. The molecule has 1 saturated heterocycles. The SMILES string of the molecule is CCC(C)NC(=O)C(C)NC(=O)C1COCCN1.Cl. The minimum Gasteiger partial charge on any atom is -0.378 e. The van der Waals surface area contributed by atoms with Crippen molar-refractivity contribution in [2.45, 2.75) is 45.3 Å². The molecule has 2 amide bonds. The number of carbonyl (C=O) groups excluding carboxylic acids is 2. The highest BCUT2D eigenvalue weighted by Gasteiger charge is 2.24. The van der Waals surface area contributed by atoms with Gasteiger partial charge in [0, 0.05) is 12.6 Å². The first-order valence-corrected chi connectivity index (χ1v) is 6.46. The van der Waals surface area contributed by atoms with Crippen molar-refractivity contribution in [1.29, 1.82) is 0 Å². The molecule has 1 heterocycles. The van der Waals surface area contributed by atoms with E-state index in [-0.39, 0.29) is 36.3 Å². The highest BCUT2D eigenvalue weighted by Crippen LogP contribution is 1.95. The van der Waals surface area contributed by atoms with Crippen molar-refractivity contribution in [2.24, 2.45) is 0 Å². The number of carbonyl (C=O) groups is 2. The van der Waals surface area contributed by atoms with Gasteiger partial charge in [0.1, 0.15) is 12.1 Å². The topological polar surface area (TPSA) is 79.5 Å². The number of hydrogen-bond donors (Lipinski definition) is 3. The monoisotopic (exact) mass is 293 g/mol. The molecule has 1 rings (SSSR count). The zero-order valence-electron chi connectivity index (χ0n) is 11.7. The molecule has 112 valence electrons. The van der Waals surface area contributed by atoms with Crippen LogP contribution in [0.25, 0.3) is 0 Å². The Balaban J connectivity index is 0.00000324. The highest BCUT2D eigenvalue weighted by atomic mass is 35.5. The van der Waals surface area contributed by atoms with Crippen LogP contribution in [-0.2, 0) is 14.3 Å². The molecule has 0 saturated carbocycles. The van der Waals surface area contributed by atoms with Gasteiger partial charge < -0.3 is 20.7 Å². The van der Waals surface area contributed by atoms with E-state index in [1.54, 1.807) is 6.92 Å². The maximum Gasteiger partial charge on any atom is 0.242 e. The van der Waals surface area contributed by atoms with Gasteiger partial charge >= 0.3 is 0 Å². The summed E-state index contributed by atoms with van der Waals surface area (Å²) in [5.74, 6) is -0.351. The molecular formula is C12H24ClN3O3. The summed E-state index contributed by atoms with van der Waals surface area (Å²) < 4.78 is 5.20. The standard InChI is InChI=1S/C12H23N3O3.ClH/c1-4-8(2)14-11(16)9(3)15-12(17)10-7-18-6-5-13-10;/h8-10,13H,4-7H2,1-3H3,(H,14,16)(H,15,17);1H. The third-order valence-electron chi connectivity index (χ3n) is 2.99. The first kappa shape index (κ1) is 18.1. The van der Waals surface area contributed by atoms with Crippen LogP contribution < -0.4 is 16.0 Å². The van der Waals surface area contributed by atoms with Gasteiger partial charge in [0.2, 0.25) is 11.8 Å². The van der Waals surface area contributed by atoms with Gasteiger partial charge in [-0.1, -0.05) is 6.92 Å². The van der Waals surface area contributed by atoms with E-state index in [1.165, 1.54) is 0 Å². The van der Waals surface area contributed by atoms with Gasteiger partial charge in [0.25, 0.3) is 0 Å². The van der Waals surface area contributed by atoms with Crippen LogP contribution in [0.1, 0.15) is 27.2 Å². The smallest absolute Gasteiger partial charge is 0.242 e. The number of rotatable bonds is 5. The van der Waals surface area contributed by atoms with E-state index >= 15 is 0 Å². The summed E-state index contributed by atoms with van der Waals surface area (Å²) in [6.45, 7) is 7.24. The Kier molecular flexibility index (Phi) is 8.71. The summed E-state index contributed by atoms with van der Waals surface area (Å²) >= 11 is 0. The maximum absolute atomic E-state index is 11.8. The summed E-state index contributed by atoms with van der Waals surface area (Å²) in [6, 6.07) is -0.777. The minimum atomic E-state index is -0.532. The van der Waals surface area contributed by atoms with Crippen molar-refractivity contribution < 1.29 is 14.3 Å². The molecule has 0 aromatic carbocycles. The van der Waals surface area contributed by atoms with Gasteiger partial charge in [-0.2, -0.15) is 0 Å². The molecular weight excluding hydrogens is 270 g/mol. The van der Waals surface area contributed by atoms with Crippen LogP contribution in [0.4, 0.5) is 0 Å². The fourth-order valence-corrected chi connectivity index (χ4v) is 1.58. The summed E-state index contributed by atoms with van der Waals surface area (Å²) in [4.78, 5) is 23.6. The Bertz CT molecular complexity index is 296. The second-order valence-corrected chi connectivity index (χ2v) is 4.63. The van der Waals surface area contributed by atoms with Crippen LogP contribution in [-0.4, -0.2) is 49.7 Å². The third-order valence-corrected chi connectivity index (χ3v) is 2.99. The molecule has 3 unspecified atom stereocenters. The first-order chi connectivity index (χ1) is 8.54. The molecule has 0 aromatic rings. The fourth-order valence-electron chi connectivity index (χ4n) is 1.58. The lowest BCUT2D eigenvalue weighted by molar-refractivity contribution is -0.131. The van der Waals surface area contributed by atoms with Crippen LogP contribution in [0.2, 0.25) is 0 Å². The lowest BCUT2D eigenvalue weighted by Crippen LogP contribution is -2.55. The first-order valence-electron chi connectivity index (χ1n) is 6.46. The number of halogens is 1. The third kappa shape index (κ3) is 6.22. The molecule has 6 nitrogen and oxygen atoms in total. The van der Waals surface area contributed by atoms with Gasteiger partial charge in [-0.05, 0) is 20.3 Å². The molecule has 7 heteroatoms. The molecule has 0 aliphatic carbocycles. The number of amides is 2. The van der Waals surface area contributed by atoms with E-state index in [4.69, 9.17) is 4.74 Å². The Hall–Kier alpha value is -0.850. The van der Waals surface area contributed by atoms with E-state index in [1.807, 2.05) is 13.8 Å². The van der Waals surface area contributed by atoms with Crippen LogP contribution in [0, 0.1) is 0 Å². The van der Waals surface area contributed by atoms with Gasteiger partial charge in [0.05, 0.1) is 13.2 Å². The molecule has 0 spiro atoms. The Morgan fingerprint density at radius 3 is 2.58 bits per heavy atom. The number of morpholine rings is 1. The zero-order valence-corrected chi connectivity index (χ0v) is 12.5. The molecule has 0 aromatic heterocycles. The molecule has 1 aliphatic rings. The second kappa shape index (κ2) is 9.12. The molecule has 1 fully saturated rings. The van der Waals surface area contributed by atoms with Crippen molar-refractivity contribution in [3.63, 3.8) is 0 Å². The largest absolute Gasteiger partial charge is 0.378 e. The van der Waals surface area contributed by atoms with Crippen molar-refractivity contribution in [3.05, 3.63) is 0 Å². The summed E-state index contributed by atoms with van der Waals surface area (Å²) in [6.07, 6.45) is 0.866. The van der Waals surface area contributed by atoms with E-state index in [0.29, 0.717) is 19.8 Å². The van der Waals surface area contributed by atoms with E-state index in [2.05, 4.69) is 16.0 Å². The van der Waals surface area contributed by atoms with Crippen molar-refractivity contribution in [1.82, 2.24) is 16.0 Å². The van der Waals surface area contributed by atoms with Gasteiger partial charge in [-0.15, -0.1) is 12.4 Å². The number of nitrogens with one attached hydrogen (secondary N) is 3. The Morgan fingerprint density at radius 1 is 1.37 bits per heavy atom. The summed E-state index contributed by atoms with van der Waals surface area (Å²) in [5, 5.41) is 8.56. The molecule has 3 atom stereocenters. The Labute approximate surface area is 120 Å². The second-order valence-electron chi connectivity index (χ2n) is 4.63. The van der Waals surface area contributed by atoms with E-state index in [0.717, 1.165) is 6.42 Å². The van der Waals surface area contributed by atoms with Crippen LogP contribution in [0.5, 0.6) is 0 Å². The van der Waals surface area contributed by atoms with Crippen molar-refractivity contribution in [2.75, 3.05) is 19.8 Å². The molecule has 0 radical (unpaired) electrons. The average Bonchev–Trinajstić information content (AvgIpc) is 2.39. The summed E-state index contributed by atoms with van der Waals surface area (Å²) in [7, 11) is 0. The van der Waals surface area contributed by atoms with Gasteiger partial charge in [0.15, 0.2) is 0 Å². The lowest BCUT2D eigenvalue weighted by atomic mass is 10.2. The fraction of sp³-hybridized carbons (Fsp3) is 0.833. The zero-order chi connectivity index (χ0) is 13.5. The van der Waals surface area contributed by atoms with Crippen LogP contribution in [0.3, 0.4) is 0 Å². The molecule has 3 N–H and O–H groups in total. The van der Waals surface area contributed by atoms with E-state index in [9.17, 15) is 9.59 Å². The normalized spacial score (nSPS) is 21.7. The van der Waals surface area contributed by atoms with Crippen LogP contribution in [0.15, 0.2) is 0 Å². The van der Waals surface area contributed by atoms with Gasteiger partial charge in [-0.3, -0.25) is 9.59 Å². The number of ether oxygens (including phenoxy) is 1. The maximum atomic E-state index is 11.8. The van der Waals surface area contributed by atoms with Crippen LogP contribution >= 0.6 is 12.4 Å². The lowest BCUT2D eigenvalue weighted by Gasteiger charge is -2.25. The van der Waals surface area contributed by atoms with Crippen molar-refractivity contribution in [3.8, 4) is 0 Å². The molecule has 1 aliphatic heterocycles.